The van der Waals surface area contributed by atoms with Crippen LogP contribution < -0.4 is 15.4 Å². The Kier molecular flexibility index (Phi) is 7.45. The summed E-state index contributed by atoms with van der Waals surface area (Å²) in [6, 6.07) is 6.54. The number of hydrogen-bond acceptors (Lipinski definition) is 5. The van der Waals surface area contributed by atoms with Crippen LogP contribution in [0, 0.1) is 0 Å². The van der Waals surface area contributed by atoms with E-state index in [2.05, 4.69) is 10.6 Å². The molecule has 2 amide bonds. The number of carbonyl (C=O) groups is 3. The van der Waals surface area contributed by atoms with Crippen molar-refractivity contribution in [2.75, 3.05) is 26.3 Å². The van der Waals surface area contributed by atoms with Crippen LogP contribution in [-0.2, 0) is 14.3 Å². The van der Waals surface area contributed by atoms with Crippen LogP contribution in [-0.4, -0.2) is 44.1 Å². The third-order valence-electron chi connectivity index (χ3n) is 2.56. The number of carbonyl (C=O) groups excluding carboxylic acids is 3. The third-order valence-corrected chi connectivity index (χ3v) is 2.56. The summed E-state index contributed by atoms with van der Waals surface area (Å²) < 4.78 is 9.98. The van der Waals surface area contributed by atoms with E-state index in [-0.39, 0.29) is 19.1 Å². The first-order chi connectivity index (χ1) is 10.6. The van der Waals surface area contributed by atoms with Crippen molar-refractivity contribution >= 4 is 17.8 Å². The van der Waals surface area contributed by atoms with E-state index in [4.69, 9.17) is 9.47 Å². The fourth-order valence-corrected chi connectivity index (χ4v) is 1.57. The highest BCUT2D eigenvalue weighted by Crippen LogP contribution is 2.11. The zero-order valence-electron chi connectivity index (χ0n) is 12.7. The lowest BCUT2D eigenvalue weighted by molar-refractivity contribution is -0.147. The topological polar surface area (TPSA) is 93.7 Å². The van der Waals surface area contributed by atoms with Crippen LogP contribution >= 0.6 is 0 Å². The maximum absolute atomic E-state index is 11.8. The van der Waals surface area contributed by atoms with Crippen molar-refractivity contribution in [3.05, 3.63) is 29.8 Å². The van der Waals surface area contributed by atoms with Crippen molar-refractivity contribution in [1.29, 1.82) is 0 Å². The predicted molar refractivity (Wildman–Crippen MR) is 79.6 cm³/mol. The van der Waals surface area contributed by atoms with E-state index >= 15 is 0 Å². The highest BCUT2D eigenvalue weighted by molar-refractivity contribution is 5.96. The molecule has 0 aliphatic rings. The largest absolute Gasteiger partial charge is 0.494 e. The Hall–Kier alpha value is -2.57. The van der Waals surface area contributed by atoms with Gasteiger partial charge in [0.15, 0.2) is 6.61 Å². The van der Waals surface area contributed by atoms with E-state index in [0.717, 1.165) is 0 Å². The summed E-state index contributed by atoms with van der Waals surface area (Å²) in [5.74, 6) is -0.794. The average Bonchev–Trinajstić information content (AvgIpc) is 2.52. The Bertz CT molecular complexity index is 513. The fraction of sp³-hybridized carbons (Fsp3) is 0.400. The van der Waals surface area contributed by atoms with Gasteiger partial charge in [-0.15, -0.1) is 0 Å². The molecule has 120 valence electrons. The molecule has 0 aliphatic carbocycles. The van der Waals surface area contributed by atoms with Crippen molar-refractivity contribution in [2.24, 2.45) is 0 Å². The molecule has 1 aromatic carbocycles. The molecule has 1 rings (SSSR count). The average molecular weight is 308 g/mol. The van der Waals surface area contributed by atoms with Crippen molar-refractivity contribution in [3.63, 3.8) is 0 Å². The Morgan fingerprint density at radius 3 is 2.32 bits per heavy atom. The number of hydrogen-bond donors (Lipinski definition) is 2. The summed E-state index contributed by atoms with van der Waals surface area (Å²) in [5, 5.41) is 4.91. The van der Waals surface area contributed by atoms with Gasteiger partial charge in [0.25, 0.3) is 11.8 Å². The maximum Gasteiger partial charge on any atom is 0.325 e. The van der Waals surface area contributed by atoms with E-state index in [9.17, 15) is 14.4 Å². The second-order valence-electron chi connectivity index (χ2n) is 4.25. The van der Waals surface area contributed by atoms with Gasteiger partial charge in [-0.25, -0.2) is 0 Å². The zero-order chi connectivity index (χ0) is 16.4. The SMILES string of the molecule is CCNC(=O)COC(=O)CNC(=O)c1ccc(OCC)cc1. The first-order valence-corrected chi connectivity index (χ1v) is 7.00. The molecule has 0 radical (unpaired) electrons. The second-order valence-corrected chi connectivity index (χ2v) is 4.25. The molecule has 2 N–H and O–H groups in total. The van der Waals surface area contributed by atoms with Gasteiger partial charge in [0.2, 0.25) is 0 Å². The van der Waals surface area contributed by atoms with E-state index < -0.39 is 11.9 Å². The quantitative estimate of drug-likeness (QED) is 0.682. The van der Waals surface area contributed by atoms with Crippen LogP contribution in [0.3, 0.4) is 0 Å². The number of amides is 2. The molecule has 0 saturated carbocycles. The molecule has 0 spiro atoms. The minimum absolute atomic E-state index is 0.300. The van der Waals surface area contributed by atoms with Gasteiger partial charge in [-0.05, 0) is 38.1 Å². The molecule has 7 nitrogen and oxygen atoms in total. The number of esters is 1. The Labute approximate surface area is 129 Å². The van der Waals surface area contributed by atoms with Gasteiger partial charge in [-0.1, -0.05) is 0 Å². The van der Waals surface area contributed by atoms with Gasteiger partial charge >= 0.3 is 5.97 Å². The third kappa shape index (κ3) is 6.25. The van der Waals surface area contributed by atoms with E-state index in [1.165, 1.54) is 0 Å². The number of rotatable bonds is 8. The molecule has 0 unspecified atom stereocenters. The maximum atomic E-state index is 11.8. The van der Waals surface area contributed by atoms with Crippen molar-refractivity contribution in [1.82, 2.24) is 10.6 Å². The summed E-state index contributed by atoms with van der Waals surface area (Å²) in [6.07, 6.45) is 0. The molecule has 0 bridgehead atoms. The lowest BCUT2D eigenvalue weighted by Gasteiger charge is -2.07. The number of benzene rings is 1. The number of nitrogens with one attached hydrogen (secondary N) is 2. The smallest absolute Gasteiger partial charge is 0.325 e. The van der Waals surface area contributed by atoms with Crippen molar-refractivity contribution in [3.8, 4) is 5.75 Å². The molecule has 0 atom stereocenters. The summed E-state index contributed by atoms with van der Waals surface area (Å²) >= 11 is 0. The molecule has 0 aromatic heterocycles. The highest BCUT2D eigenvalue weighted by Gasteiger charge is 2.10. The normalized spacial score (nSPS) is 9.73. The van der Waals surface area contributed by atoms with Crippen LogP contribution in [0.2, 0.25) is 0 Å². The van der Waals surface area contributed by atoms with E-state index in [0.29, 0.717) is 24.5 Å². The highest BCUT2D eigenvalue weighted by atomic mass is 16.5. The standard InChI is InChI=1S/C15H20N2O5/c1-3-16-13(18)10-22-14(19)9-17-15(20)11-5-7-12(8-6-11)21-4-2/h5-8H,3-4,9-10H2,1-2H3,(H,16,18)(H,17,20). The Balaban J connectivity index is 2.35. The lowest BCUT2D eigenvalue weighted by Crippen LogP contribution is -2.33. The molecule has 0 aliphatic heterocycles. The van der Waals surface area contributed by atoms with Gasteiger partial charge in [0.05, 0.1) is 6.61 Å². The summed E-state index contributed by atoms with van der Waals surface area (Å²) in [6.45, 7) is 3.98. The second kappa shape index (κ2) is 9.38. The minimum atomic E-state index is -0.675. The Morgan fingerprint density at radius 1 is 1.05 bits per heavy atom. The molecule has 7 heteroatoms. The monoisotopic (exact) mass is 308 g/mol. The van der Waals surface area contributed by atoms with Crippen molar-refractivity contribution < 1.29 is 23.9 Å². The molecule has 0 saturated heterocycles. The van der Waals surface area contributed by atoms with Gasteiger partial charge < -0.3 is 20.1 Å². The molecule has 0 heterocycles. The predicted octanol–water partition coefficient (Wildman–Crippen LogP) is 0.494. The summed E-state index contributed by atoms with van der Waals surface area (Å²) in [7, 11) is 0. The minimum Gasteiger partial charge on any atom is -0.494 e. The molecule has 22 heavy (non-hydrogen) atoms. The van der Waals surface area contributed by atoms with E-state index in [1.807, 2.05) is 6.92 Å². The van der Waals surface area contributed by atoms with Crippen LogP contribution in [0.5, 0.6) is 5.75 Å². The van der Waals surface area contributed by atoms with E-state index in [1.54, 1.807) is 31.2 Å². The van der Waals surface area contributed by atoms with Crippen LogP contribution in [0.15, 0.2) is 24.3 Å². The van der Waals surface area contributed by atoms with Crippen molar-refractivity contribution in [2.45, 2.75) is 13.8 Å². The van der Waals surface area contributed by atoms with Gasteiger partial charge in [0.1, 0.15) is 12.3 Å². The van der Waals surface area contributed by atoms with Crippen LogP contribution in [0.4, 0.5) is 0 Å². The molecule has 0 fully saturated rings. The first kappa shape index (κ1) is 17.5. The van der Waals surface area contributed by atoms with Crippen LogP contribution in [0.25, 0.3) is 0 Å². The fourth-order valence-electron chi connectivity index (χ4n) is 1.57. The number of likely N-dealkylation sites (N-methyl/N-ethyl adjacent to an activating group) is 1. The Morgan fingerprint density at radius 2 is 1.73 bits per heavy atom. The first-order valence-electron chi connectivity index (χ1n) is 7.00. The van der Waals surface area contributed by atoms with Gasteiger partial charge in [-0.3, -0.25) is 14.4 Å². The number of ether oxygens (including phenoxy) is 2. The molecular weight excluding hydrogens is 288 g/mol. The van der Waals surface area contributed by atoms with Gasteiger partial charge in [0, 0.05) is 12.1 Å². The van der Waals surface area contributed by atoms with Crippen LogP contribution in [0.1, 0.15) is 24.2 Å². The van der Waals surface area contributed by atoms with Gasteiger partial charge in [-0.2, -0.15) is 0 Å². The lowest BCUT2D eigenvalue weighted by atomic mass is 10.2. The molecular formula is C15H20N2O5. The zero-order valence-corrected chi connectivity index (χ0v) is 12.7. The summed E-state index contributed by atoms with van der Waals surface area (Å²) in [4.78, 5) is 34.3. The molecule has 1 aromatic rings. The summed E-state index contributed by atoms with van der Waals surface area (Å²) in [5.41, 5.74) is 0.403.